The molecule has 0 aromatic carbocycles. The molecule has 1 fully saturated rings. The molecule has 0 unspecified atom stereocenters. The van der Waals surface area contributed by atoms with Gasteiger partial charge in [0.1, 0.15) is 4.90 Å². The Labute approximate surface area is 121 Å². The second-order valence-electron chi connectivity index (χ2n) is 5.83. The third-order valence-corrected chi connectivity index (χ3v) is 4.60. The van der Waals surface area contributed by atoms with Gasteiger partial charge >= 0.3 is 0 Å². The van der Waals surface area contributed by atoms with Gasteiger partial charge in [0.05, 0.1) is 0 Å². The van der Waals surface area contributed by atoms with Crippen molar-refractivity contribution in [1.29, 1.82) is 0 Å². The molecule has 6 nitrogen and oxygen atoms in total. The smallest absolute Gasteiger partial charge is 0.254 e. The van der Waals surface area contributed by atoms with Gasteiger partial charge in [-0.05, 0) is 18.9 Å². The normalized spacial score (nSPS) is 16.3. The number of rotatable bonds is 7. The maximum atomic E-state index is 12.2. The molecule has 1 saturated carbocycles. The van der Waals surface area contributed by atoms with Crippen LogP contribution in [0.5, 0.6) is 0 Å². The molecule has 1 aromatic rings. The van der Waals surface area contributed by atoms with Crippen LogP contribution in [0.25, 0.3) is 0 Å². The Balaban J connectivity index is 2.24. The molecule has 1 aliphatic carbocycles. The van der Waals surface area contributed by atoms with Crippen LogP contribution in [0.4, 0.5) is 0 Å². The SMILES string of the molecule is CC(C)NCc1cc(S(=O)(=O)NN(C)C)cn1C1CC1. The standard InChI is InChI=1S/C13H24N4O2S/c1-10(2)14-8-12-7-13(9-17(12)11-5-6-11)20(18,19)15-16(3)4/h7,9-11,14-15H,5-6,8H2,1-4H3. The molecule has 0 atom stereocenters. The predicted octanol–water partition coefficient (Wildman–Crippen LogP) is 1.08. The summed E-state index contributed by atoms with van der Waals surface area (Å²) >= 11 is 0. The van der Waals surface area contributed by atoms with Crippen LogP contribution in [0.15, 0.2) is 17.2 Å². The van der Waals surface area contributed by atoms with Crippen molar-refractivity contribution >= 4 is 10.0 Å². The molecule has 0 radical (unpaired) electrons. The van der Waals surface area contributed by atoms with Crippen molar-refractivity contribution in [2.24, 2.45) is 0 Å². The third-order valence-electron chi connectivity index (χ3n) is 3.15. The molecule has 0 bridgehead atoms. The van der Waals surface area contributed by atoms with Crippen LogP contribution >= 0.6 is 0 Å². The fourth-order valence-electron chi connectivity index (χ4n) is 2.08. The van der Waals surface area contributed by atoms with E-state index in [1.54, 1.807) is 26.4 Å². The summed E-state index contributed by atoms with van der Waals surface area (Å²) in [6.07, 6.45) is 4.01. The summed E-state index contributed by atoms with van der Waals surface area (Å²) in [4.78, 5) is 2.80. The second kappa shape index (κ2) is 5.85. The Morgan fingerprint density at radius 1 is 1.40 bits per heavy atom. The minimum Gasteiger partial charge on any atom is -0.346 e. The zero-order chi connectivity index (χ0) is 14.9. The molecule has 2 N–H and O–H groups in total. The molecule has 1 aromatic heterocycles. The topological polar surface area (TPSA) is 66.4 Å². The molecular formula is C13H24N4O2S. The summed E-state index contributed by atoms with van der Waals surface area (Å²) in [7, 11) is -0.151. The molecular weight excluding hydrogens is 276 g/mol. The maximum Gasteiger partial charge on any atom is 0.254 e. The molecule has 20 heavy (non-hydrogen) atoms. The van der Waals surface area contributed by atoms with E-state index in [-0.39, 0.29) is 0 Å². The van der Waals surface area contributed by atoms with Crippen LogP contribution in [0.1, 0.15) is 38.4 Å². The lowest BCUT2D eigenvalue weighted by atomic mass is 10.3. The van der Waals surface area contributed by atoms with E-state index >= 15 is 0 Å². The maximum absolute atomic E-state index is 12.2. The van der Waals surface area contributed by atoms with E-state index in [1.165, 1.54) is 5.01 Å². The molecule has 1 heterocycles. The van der Waals surface area contributed by atoms with Gasteiger partial charge in [0.25, 0.3) is 10.0 Å². The Morgan fingerprint density at radius 2 is 2.05 bits per heavy atom. The zero-order valence-corrected chi connectivity index (χ0v) is 13.4. The van der Waals surface area contributed by atoms with Gasteiger partial charge in [0.2, 0.25) is 0 Å². The van der Waals surface area contributed by atoms with Crippen molar-refractivity contribution in [3.63, 3.8) is 0 Å². The van der Waals surface area contributed by atoms with Crippen molar-refractivity contribution in [2.45, 2.75) is 50.2 Å². The minimum absolute atomic E-state index is 0.332. The van der Waals surface area contributed by atoms with E-state index in [9.17, 15) is 8.42 Å². The number of hydrogen-bond acceptors (Lipinski definition) is 4. The van der Waals surface area contributed by atoms with Crippen molar-refractivity contribution < 1.29 is 8.42 Å². The van der Waals surface area contributed by atoms with Gasteiger partial charge in [-0.1, -0.05) is 13.8 Å². The van der Waals surface area contributed by atoms with Crippen LogP contribution in [0.3, 0.4) is 0 Å². The Bertz CT molecular complexity index is 559. The number of hydrogen-bond donors (Lipinski definition) is 2. The second-order valence-corrected chi connectivity index (χ2v) is 7.49. The molecule has 7 heteroatoms. The summed E-state index contributed by atoms with van der Waals surface area (Å²) in [6, 6.07) is 2.60. The largest absolute Gasteiger partial charge is 0.346 e. The number of sulfonamides is 1. The number of nitrogens with one attached hydrogen (secondary N) is 2. The van der Waals surface area contributed by atoms with Crippen LogP contribution in [-0.2, 0) is 16.6 Å². The molecule has 0 amide bonds. The van der Waals surface area contributed by atoms with Crippen LogP contribution in [0, 0.1) is 0 Å². The Hall–Kier alpha value is -0.890. The summed E-state index contributed by atoms with van der Waals surface area (Å²) in [5, 5.41) is 4.78. The summed E-state index contributed by atoms with van der Waals surface area (Å²) in [6.45, 7) is 4.84. The van der Waals surface area contributed by atoms with E-state index in [0.29, 0.717) is 23.5 Å². The van der Waals surface area contributed by atoms with Crippen LogP contribution < -0.4 is 10.1 Å². The van der Waals surface area contributed by atoms with Gasteiger partial charge in [-0.3, -0.25) is 0 Å². The van der Waals surface area contributed by atoms with Crippen molar-refractivity contribution in [2.75, 3.05) is 14.1 Å². The van der Waals surface area contributed by atoms with Gasteiger partial charge in [0, 0.05) is 44.6 Å². The highest BCUT2D eigenvalue weighted by Gasteiger charge is 2.28. The highest BCUT2D eigenvalue weighted by molar-refractivity contribution is 7.89. The molecule has 2 rings (SSSR count). The highest BCUT2D eigenvalue weighted by Crippen LogP contribution is 2.37. The molecule has 0 aliphatic heterocycles. The van der Waals surface area contributed by atoms with E-state index in [2.05, 4.69) is 28.6 Å². The first-order valence-corrected chi connectivity index (χ1v) is 8.42. The molecule has 1 aliphatic rings. The summed E-state index contributed by atoms with van der Waals surface area (Å²) in [5.74, 6) is 0. The lowest BCUT2D eigenvalue weighted by Crippen LogP contribution is -2.35. The van der Waals surface area contributed by atoms with E-state index in [0.717, 1.165) is 18.5 Å². The average molecular weight is 300 g/mol. The third kappa shape index (κ3) is 3.82. The lowest BCUT2D eigenvalue weighted by Gasteiger charge is -2.11. The Kier molecular flexibility index (Phi) is 4.53. The number of aromatic nitrogens is 1. The lowest BCUT2D eigenvalue weighted by molar-refractivity contribution is 0.364. The summed E-state index contributed by atoms with van der Waals surface area (Å²) < 4.78 is 26.5. The van der Waals surface area contributed by atoms with Gasteiger partial charge in [-0.2, -0.15) is 0 Å². The monoisotopic (exact) mass is 300 g/mol. The summed E-state index contributed by atoms with van der Waals surface area (Å²) in [5.41, 5.74) is 1.03. The van der Waals surface area contributed by atoms with E-state index in [4.69, 9.17) is 0 Å². The first-order valence-electron chi connectivity index (χ1n) is 6.93. The van der Waals surface area contributed by atoms with Gasteiger partial charge in [-0.15, -0.1) is 4.83 Å². The fourth-order valence-corrected chi connectivity index (χ4v) is 3.21. The van der Waals surface area contributed by atoms with Gasteiger partial charge < -0.3 is 9.88 Å². The molecule has 114 valence electrons. The molecule has 0 saturated heterocycles. The van der Waals surface area contributed by atoms with Crippen LogP contribution in [-0.4, -0.2) is 38.1 Å². The van der Waals surface area contributed by atoms with E-state index < -0.39 is 10.0 Å². The van der Waals surface area contributed by atoms with Gasteiger partial charge in [-0.25, -0.2) is 13.4 Å². The molecule has 0 spiro atoms. The fraction of sp³-hybridized carbons (Fsp3) is 0.692. The highest BCUT2D eigenvalue weighted by atomic mass is 32.2. The van der Waals surface area contributed by atoms with Crippen molar-refractivity contribution in [3.05, 3.63) is 18.0 Å². The van der Waals surface area contributed by atoms with Crippen molar-refractivity contribution in [1.82, 2.24) is 19.7 Å². The predicted molar refractivity (Wildman–Crippen MR) is 78.7 cm³/mol. The van der Waals surface area contributed by atoms with Crippen LogP contribution in [0.2, 0.25) is 0 Å². The zero-order valence-electron chi connectivity index (χ0n) is 12.5. The van der Waals surface area contributed by atoms with Gasteiger partial charge in [0.15, 0.2) is 0 Å². The first kappa shape index (κ1) is 15.5. The quantitative estimate of drug-likeness (QED) is 0.740. The first-order chi connectivity index (χ1) is 9.29. The van der Waals surface area contributed by atoms with E-state index in [1.807, 2.05) is 0 Å². The average Bonchev–Trinajstić information content (AvgIpc) is 3.04. The van der Waals surface area contributed by atoms with Crippen molar-refractivity contribution in [3.8, 4) is 0 Å². The Morgan fingerprint density at radius 3 is 2.55 bits per heavy atom. The minimum atomic E-state index is -3.48. The number of nitrogens with zero attached hydrogens (tertiary/aromatic N) is 2. The number of hydrazine groups is 1.